The Hall–Kier alpha value is -1.82. The largest absolute Gasteiger partial charge is 0.376 e. The lowest BCUT2D eigenvalue weighted by Gasteiger charge is -2.14. The lowest BCUT2D eigenvalue weighted by Crippen LogP contribution is -2.29. The normalized spacial score (nSPS) is 24.1. The number of alkyl halides is 1. The van der Waals surface area contributed by atoms with E-state index in [0.717, 1.165) is 5.39 Å². The highest BCUT2D eigenvalue weighted by atomic mass is 19.1. The van der Waals surface area contributed by atoms with Crippen LogP contribution >= 0.6 is 0 Å². The van der Waals surface area contributed by atoms with Crippen LogP contribution in [0.5, 0.6) is 0 Å². The third-order valence-electron chi connectivity index (χ3n) is 2.74. The first-order valence-corrected chi connectivity index (χ1v) is 5.38. The first-order valence-electron chi connectivity index (χ1n) is 5.38. The number of hydrogen-bond acceptors (Lipinski definition) is 5. The lowest BCUT2D eigenvalue weighted by molar-refractivity contribution is 0.173. The maximum Gasteiger partial charge on any atom is 0.164 e. The van der Waals surface area contributed by atoms with Gasteiger partial charge in [0, 0.05) is 6.20 Å². The second-order valence-corrected chi connectivity index (χ2v) is 3.90. The SMILES string of the molecule is F[C@@H]1COC[C@H]1Nc1ncnc2ncccc12. The molecule has 0 bridgehead atoms. The fourth-order valence-corrected chi connectivity index (χ4v) is 1.85. The van der Waals surface area contributed by atoms with E-state index in [0.29, 0.717) is 18.1 Å². The monoisotopic (exact) mass is 234 g/mol. The summed E-state index contributed by atoms with van der Waals surface area (Å²) in [7, 11) is 0. The summed E-state index contributed by atoms with van der Waals surface area (Å²) < 4.78 is 18.5. The van der Waals surface area contributed by atoms with Gasteiger partial charge in [-0.25, -0.2) is 19.3 Å². The van der Waals surface area contributed by atoms with E-state index in [9.17, 15) is 4.39 Å². The predicted octanol–water partition coefficient (Wildman–Crippen LogP) is 1.17. The van der Waals surface area contributed by atoms with Gasteiger partial charge in [-0.2, -0.15) is 0 Å². The topological polar surface area (TPSA) is 59.9 Å². The third kappa shape index (κ3) is 1.91. The van der Waals surface area contributed by atoms with Crippen LogP contribution in [0.4, 0.5) is 10.2 Å². The van der Waals surface area contributed by atoms with Crippen LogP contribution in [0.3, 0.4) is 0 Å². The molecule has 88 valence electrons. The molecule has 0 radical (unpaired) electrons. The molecule has 0 aliphatic carbocycles. The van der Waals surface area contributed by atoms with E-state index in [1.165, 1.54) is 6.33 Å². The van der Waals surface area contributed by atoms with Gasteiger partial charge in [0.15, 0.2) is 5.65 Å². The number of halogens is 1. The van der Waals surface area contributed by atoms with Crippen molar-refractivity contribution in [1.82, 2.24) is 15.0 Å². The van der Waals surface area contributed by atoms with Crippen LogP contribution in [-0.2, 0) is 4.74 Å². The van der Waals surface area contributed by atoms with Gasteiger partial charge in [-0.1, -0.05) is 0 Å². The smallest absolute Gasteiger partial charge is 0.164 e. The number of rotatable bonds is 2. The average Bonchev–Trinajstić information content (AvgIpc) is 2.76. The van der Waals surface area contributed by atoms with Gasteiger partial charge < -0.3 is 10.1 Å². The summed E-state index contributed by atoms with van der Waals surface area (Å²) in [6, 6.07) is 3.30. The van der Waals surface area contributed by atoms with Crippen molar-refractivity contribution in [2.45, 2.75) is 12.2 Å². The molecule has 1 N–H and O–H groups in total. The van der Waals surface area contributed by atoms with E-state index in [1.807, 2.05) is 6.07 Å². The zero-order chi connectivity index (χ0) is 11.7. The number of aromatic nitrogens is 3. The molecule has 5 nitrogen and oxygen atoms in total. The standard InChI is InChI=1S/C11H11FN4O/c12-8-4-17-5-9(8)16-11-7-2-1-3-13-10(7)14-6-15-11/h1-3,6,8-9H,4-5H2,(H,13,14,15,16)/t8-,9-/m1/s1. The van der Waals surface area contributed by atoms with Gasteiger partial charge in [0.2, 0.25) is 0 Å². The number of nitrogens with one attached hydrogen (secondary N) is 1. The van der Waals surface area contributed by atoms with Crippen LogP contribution in [0, 0.1) is 0 Å². The minimum absolute atomic E-state index is 0.138. The van der Waals surface area contributed by atoms with Crippen molar-refractivity contribution in [2.75, 3.05) is 18.5 Å². The molecular weight excluding hydrogens is 223 g/mol. The fourth-order valence-electron chi connectivity index (χ4n) is 1.85. The van der Waals surface area contributed by atoms with Gasteiger partial charge in [0.1, 0.15) is 18.3 Å². The van der Waals surface area contributed by atoms with Crippen LogP contribution in [0.25, 0.3) is 11.0 Å². The fraction of sp³-hybridized carbons (Fsp3) is 0.364. The van der Waals surface area contributed by atoms with Crippen molar-refractivity contribution in [3.8, 4) is 0 Å². The van der Waals surface area contributed by atoms with Crippen molar-refractivity contribution in [1.29, 1.82) is 0 Å². The molecular formula is C11H11FN4O. The Balaban J connectivity index is 1.94. The molecule has 1 aliphatic rings. The molecule has 0 spiro atoms. The van der Waals surface area contributed by atoms with Crippen LogP contribution in [-0.4, -0.2) is 40.4 Å². The van der Waals surface area contributed by atoms with Gasteiger partial charge in [-0.3, -0.25) is 0 Å². The highest BCUT2D eigenvalue weighted by Gasteiger charge is 2.28. The van der Waals surface area contributed by atoms with Crippen molar-refractivity contribution < 1.29 is 9.13 Å². The van der Waals surface area contributed by atoms with Crippen LogP contribution in [0.2, 0.25) is 0 Å². The molecule has 1 saturated heterocycles. The summed E-state index contributed by atoms with van der Waals surface area (Å²) in [6.07, 6.45) is 2.08. The number of anilines is 1. The highest BCUT2D eigenvalue weighted by molar-refractivity contribution is 5.85. The molecule has 2 atom stereocenters. The van der Waals surface area contributed by atoms with Gasteiger partial charge >= 0.3 is 0 Å². The van der Waals surface area contributed by atoms with Gasteiger partial charge in [-0.05, 0) is 12.1 Å². The molecule has 2 aromatic heterocycles. The lowest BCUT2D eigenvalue weighted by atomic mass is 10.2. The van der Waals surface area contributed by atoms with Gasteiger partial charge in [0.05, 0.1) is 24.6 Å². The maximum absolute atomic E-state index is 13.4. The van der Waals surface area contributed by atoms with Gasteiger partial charge in [-0.15, -0.1) is 0 Å². The zero-order valence-electron chi connectivity index (χ0n) is 9.01. The molecule has 1 aliphatic heterocycles. The van der Waals surface area contributed by atoms with E-state index < -0.39 is 6.17 Å². The Morgan fingerprint density at radius 3 is 3.06 bits per heavy atom. The molecule has 6 heteroatoms. The number of pyridine rings is 1. The van der Waals surface area contributed by atoms with E-state index in [1.54, 1.807) is 12.3 Å². The summed E-state index contributed by atoms with van der Waals surface area (Å²) in [5, 5.41) is 3.83. The molecule has 2 aromatic rings. The van der Waals surface area contributed by atoms with E-state index in [-0.39, 0.29) is 12.6 Å². The second kappa shape index (κ2) is 4.21. The summed E-state index contributed by atoms with van der Waals surface area (Å²) in [5.41, 5.74) is 0.597. The van der Waals surface area contributed by atoms with Crippen molar-refractivity contribution in [2.24, 2.45) is 0 Å². The third-order valence-corrected chi connectivity index (χ3v) is 2.74. The number of nitrogens with zero attached hydrogens (tertiary/aromatic N) is 3. The summed E-state index contributed by atoms with van der Waals surface area (Å²) in [6.45, 7) is 0.492. The molecule has 0 unspecified atom stereocenters. The maximum atomic E-state index is 13.4. The average molecular weight is 234 g/mol. The molecule has 0 aromatic carbocycles. The first kappa shape index (κ1) is 10.3. The first-order chi connectivity index (χ1) is 8.34. The molecule has 3 heterocycles. The van der Waals surface area contributed by atoms with Gasteiger partial charge in [0.25, 0.3) is 0 Å². The molecule has 0 amide bonds. The van der Waals surface area contributed by atoms with E-state index in [2.05, 4.69) is 20.3 Å². The Bertz CT molecular complexity index is 530. The Morgan fingerprint density at radius 1 is 1.29 bits per heavy atom. The molecule has 0 saturated carbocycles. The predicted molar refractivity (Wildman–Crippen MR) is 60.5 cm³/mol. The number of ether oxygens (including phenoxy) is 1. The molecule has 17 heavy (non-hydrogen) atoms. The Kier molecular flexibility index (Phi) is 2.56. The van der Waals surface area contributed by atoms with Crippen LogP contribution in [0.15, 0.2) is 24.7 Å². The Morgan fingerprint density at radius 2 is 2.24 bits per heavy atom. The van der Waals surface area contributed by atoms with Crippen LogP contribution in [0.1, 0.15) is 0 Å². The Labute approximate surface area is 97.1 Å². The van der Waals surface area contributed by atoms with Crippen molar-refractivity contribution in [3.63, 3.8) is 0 Å². The van der Waals surface area contributed by atoms with Crippen molar-refractivity contribution >= 4 is 16.9 Å². The molecule has 3 rings (SSSR count). The number of fused-ring (bicyclic) bond motifs is 1. The van der Waals surface area contributed by atoms with Crippen molar-refractivity contribution in [3.05, 3.63) is 24.7 Å². The molecule has 1 fully saturated rings. The van der Waals surface area contributed by atoms with E-state index in [4.69, 9.17) is 4.74 Å². The quantitative estimate of drug-likeness (QED) is 0.845. The summed E-state index contributed by atoms with van der Waals surface area (Å²) >= 11 is 0. The number of hydrogen-bond donors (Lipinski definition) is 1. The summed E-state index contributed by atoms with van der Waals surface area (Å²) in [5.74, 6) is 0.598. The minimum Gasteiger partial charge on any atom is -0.376 e. The zero-order valence-corrected chi connectivity index (χ0v) is 9.01. The second-order valence-electron chi connectivity index (χ2n) is 3.90. The summed E-state index contributed by atoms with van der Waals surface area (Å²) in [4.78, 5) is 12.3. The minimum atomic E-state index is -1.00. The highest BCUT2D eigenvalue weighted by Crippen LogP contribution is 2.20. The van der Waals surface area contributed by atoms with E-state index >= 15 is 0 Å². The van der Waals surface area contributed by atoms with Crippen LogP contribution < -0.4 is 5.32 Å².